The highest BCUT2D eigenvalue weighted by molar-refractivity contribution is 5.53. The summed E-state index contributed by atoms with van der Waals surface area (Å²) in [6, 6.07) is 4.19. The molecule has 5 rings (SSSR count). The number of H-pyrrole nitrogens is 1. The van der Waals surface area contributed by atoms with Gasteiger partial charge in [0.15, 0.2) is 0 Å². The zero-order chi connectivity index (χ0) is 22.0. The third kappa shape index (κ3) is 3.20. The average molecular weight is 439 g/mol. The van der Waals surface area contributed by atoms with Gasteiger partial charge in [-0.25, -0.2) is 9.50 Å². The predicted molar refractivity (Wildman–Crippen MR) is 95.5 cm³/mol. The van der Waals surface area contributed by atoms with Crippen LogP contribution in [0.3, 0.4) is 0 Å². The first-order valence-corrected chi connectivity index (χ1v) is 9.19. The molecule has 8 nitrogen and oxygen atoms in total. The summed E-state index contributed by atoms with van der Waals surface area (Å²) in [6.07, 6.45) is -2.69. The second-order valence-corrected chi connectivity index (χ2v) is 7.21. The standard InChI is InChI=1S/C18H14F5N7O/c1-17(19,20)15-26-27-16(31-15)29-6-5-10-13(25-8-24-10)14(29)11-7-9-3-2-4-12(18(21,22)23)30(9)28-11/h2-4,7-8,14H,5-6H2,1H3,(H,24,25). The second-order valence-electron chi connectivity index (χ2n) is 7.21. The van der Waals surface area contributed by atoms with Crippen LogP contribution in [0.5, 0.6) is 0 Å². The smallest absolute Gasteiger partial charge is 0.401 e. The summed E-state index contributed by atoms with van der Waals surface area (Å²) in [5.41, 5.74) is 0.763. The molecule has 0 saturated carbocycles. The van der Waals surface area contributed by atoms with Crippen molar-refractivity contribution >= 4 is 11.5 Å². The Kier molecular flexibility index (Phi) is 4.07. The molecular formula is C18H14F5N7O. The fourth-order valence-electron chi connectivity index (χ4n) is 3.67. The molecule has 0 aliphatic carbocycles. The van der Waals surface area contributed by atoms with Crippen molar-refractivity contribution < 1.29 is 26.4 Å². The Labute approximate surface area is 170 Å². The van der Waals surface area contributed by atoms with E-state index in [9.17, 15) is 22.0 Å². The number of anilines is 1. The van der Waals surface area contributed by atoms with E-state index in [1.807, 2.05) is 0 Å². The molecule has 31 heavy (non-hydrogen) atoms. The fraction of sp³-hybridized carbons (Fsp3) is 0.333. The van der Waals surface area contributed by atoms with Gasteiger partial charge in [0.05, 0.1) is 23.2 Å². The van der Waals surface area contributed by atoms with Crippen LogP contribution in [0, 0.1) is 0 Å². The van der Waals surface area contributed by atoms with Crippen molar-refractivity contribution in [3.63, 3.8) is 0 Å². The summed E-state index contributed by atoms with van der Waals surface area (Å²) < 4.78 is 73.4. The van der Waals surface area contributed by atoms with E-state index in [1.165, 1.54) is 29.4 Å². The molecule has 1 atom stereocenters. The van der Waals surface area contributed by atoms with Crippen LogP contribution in [0.1, 0.15) is 41.6 Å². The number of alkyl halides is 5. The monoisotopic (exact) mass is 439 g/mol. The minimum Gasteiger partial charge on any atom is -0.401 e. The number of aromatic amines is 1. The first kappa shape index (κ1) is 19.5. The Morgan fingerprint density at radius 1 is 1.16 bits per heavy atom. The van der Waals surface area contributed by atoms with E-state index in [0.717, 1.165) is 16.3 Å². The quantitative estimate of drug-likeness (QED) is 0.490. The maximum atomic E-state index is 13.6. The SMILES string of the molecule is CC(F)(F)c1nnc(N2CCc3[nH]cnc3C2c2cc3cccc(C(F)(F)F)n3n2)o1. The highest BCUT2D eigenvalue weighted by Gasteiger charge is 2.39. The van der Waals surface area contributed by atoms with E-state index in [1.54, 1.807) is 0 Å². The van der Waals surface area contributed by atoms with Gasteiger partial charge in [-0.15, -0.1) is 5.10 Å². The van der Waals surface area contributed by atoms with Crippen molar-refractivity contribution in [2.75, 3.05) is 11.4 Å². The van der Waals surface area contributed by atoms with Crippen LogP contribution < -0.4 is 4.90 Å². The van der Waals surface area contributed by atoms with Crippen LogP contribution in [-0.2, 0) is 18.5 Å². The second kappa shape index (κ2) is 6.49. The van der Waals surface area contributed by atoms with Crippen LogP contribution in [0.15, 0.2) is 35.0 Å². The van der Waals surface area contributed by atoms with E-state index in [2.05, 4.69) is 25.3 Å². The maximum Gasteiger partial charge on any atom is 0.433 e. The van der Waals surface area contributed by atoms with Crippen LogP contribution in [-0.4, -0.2) is 36.3 Å². The Morgan fingerprint density at radius 2 is 1.97 bits per heavy atom. The van der Waals surface area contributed by atoms with Crippen LogP contribution >= 0.6 is 0 Å². The van der Waals surface area contributed by atoms with Gasteiger partial charge >= 0.3 is 18.1 Å². The molecule has 0 bridgehead atoms. The van der Waals surface area contributed by atoms with Crippen molar-refractivity contribution in [2.45, 2.75) is 31.5 Å². The number of pyridine rings is 1. The lowest BCUT2D eigenvalue weighted by Crippen LogP contribution is -2.37. The van der Waals surface area contributed by atoms with Crippen molar-refractivity contribution in [1.29, 1.82) is 0 Å². The molecule has 5 heterocycles. The number of halogens is 5. The Bertz CT molecular complexity index is 1250. The van der Waals surface area contributed by atoms with Gasteiger partial charge in [0.25, 0.3) is 5.89 Å². The first-order valence-electron chi connectivity index (χ1n) is 9.19. The van der Waals surface area contributed by atoms with E-state index >= 15 is 0 Å². The van der Waals surface area contributed by atoms with E-state index < -0.39 is 29.7 Å². The molecule has 1 aliphatic heterocycles. The van der Waals surface area contributed by atoms with Gasteiger partial charge < -0.3 is 14.3 Å². The van der Waals surface area contributed by atoms with Crippen molar-refractivity contribution in [3.8, 4) is 0 Å². The number of hydrogen-bond donors (Lipinski definition) is 1. The number of aromatic nitrogens is 6. The zero-order valence-electron chi connectivity index (χ0n) is 15.9. The van der Waals surface area contributed by atoms with Crippen molar-refractivity contribution in [3.05, 3.63) is 59.3 Å². The van der Waals surface area contributed by atoms with Gasteiger partial charge in [-0.05, 0) is 18.2 Å². The molecule has 4 aromatic heterocycles. The lowest BCUT2D eigenvalue weighted by atomic mass is 10.0. The molecule has 1 aliphatic rings. The number of hydrogen-bond acceptors (Lipinski definition) is 6. The van der Waals surface area contributed by atoms with Gasteiger partial charge in [0.1, 0.15) is 11.7 Å². The van der Waals surface area contributed by atoms with Crippen LogP contribution in [0.2, 0.25) is 0 Å². The number of nitrogens with one attached hydrogen (secondary N) is 1. The lowest BCUT2D eigenvalue weighted by Gasteiger charge is -2.32. The topological polar surface area (TPSA) is 88.1 Å². The van der Waals surface area contributed by atoms with E-state index in [-0.39, 0.29) is 23.8 Å². The molecule has 162 valence electrons. The van der Waals surface area contributed by atoms with E-state index in [0.29, 0.717) is 19.0 Å². The van der Waals surface area contributed by atoms with Gasteiger partial charge in [0, 0.05) is 25.6 Å². The summed E-state index contributed by atoms with van der Waals surface area (Å²) in [7, 11) is 0. The zero-order valence-corrected chi connectivity index (χ0v) is 15.9. The third-order valence-corrected chi connectivity index (χ3v) is 5.04. The summed E-state index contributed by atoms with van der Waals surface area (Å²) in [5.74, 6) is -4.19. The molecule has 0 fully saturated rings. The number of rotatable bonds is 3. The molecule has 1 N–H and O–H groups in total. The van der Waals surface area contributed by atoms with Crippen LogP contribution in [0.25, 0.3) is 5.52 Å². The lowest BCUT2D eigenvalue weighted by molar-refractivity contribution is -0.142. The molecule has 0 radical (unpaired) electrons. The fourth-order valence-corrected chi connectivity index (χ4v) is 3.67. The van der Waals surface area contributed by atoms with Gasteiger partial charge in [-0.1, -0.05) is 11.2 Å². The van der Waals surface area contributed by atoms with Crippen LogP contribution in [0.4, 0.5) is 28.0 Å². The molecule has 1 unspecified atom stereocenters. The van der Waals surface area contributed by atoms with Crippen molar-refractivity contribution in [2.24, 2.45) is 0 Å². The number of nitrogens with zero attached hydrogens (tertiary/aromatic N) is 6. The molecule has 13 heteroatoms. The average Bonchev–Trinajstić information content (AvgIpc) is 3.42. The van der Waals surface area contributed by atoms with Gasteiger partial charge in [-0.3, -0.25) is 0 Å². The minimum atomic E-state index is -4.61. The largest absolute Gasteiger partial charge is 0.433 e. The molecule has 0 spiro atoms. The van der Waals surface area contributed by atoms with Crippen molar-refractivity contribution in [1.82, 2.24) is 29.8 Å². The number of fused-ring (bicyclic) bond motifs is 2. The highest BCUT2D eigenvalue weighted by Crippen LogP contribution is 2.38. The number of imidazole rings is 1. The Hall–Kier alpha value is -3.51. The predicted octanol–water partition coefficient (Wildman–Crippen LogP) is 3.72. The molecular weight excluding hydrogens is 425 g/mol. The minimum absolute atomic E-state index is 0.191. The first-order chi connectivity index (χ1) is 14.6. The highest BCUT2D eigenvalue weighted by atomic mass is 19.4. The summed E-state index contributed by atoms with van der Waals surface area (Å²) in [6.45, 7) is 0.904. The van der Waals surface area contributed by atoms with Gasteiger partial charge in [-0.2, -0.15) is 27.1 Å². The summed E-state index contributed by atoms with van der Waals surface area (Å²) >= 11 is 0. The Balaban J connectivity index is 1.65. The molecule has 0 amide bonds. The normalized spacial score (nSPS) is 17.4. The summed E-state index contributed by atoms with van der Waals surface area (Å²) in [4.78, 5) is 8.78. The molecule has 0 aromatic carbocycles. The molecule has 0 saturated heterocycles. The molecule has 4 aromatic rings. The third-order valence-electron chi connectivity index (χ3n) is 5.04. The van der Waals surface area contributed by atoms with E-state index in [4.69, 9.17) is 4.42 Å². The summed E-state index contributed by atoms with van der Waals surface area (Å²) in [5, 5.41) is 11.3. The Morgan fingerprint density at radius 3 is 2.68 bits per heavy atom. The maximum absolute atomic E-state index is 13.6. The van der Waals surface area contributed by atoms with Gasteiger partial charge in [0.2, 0.25) is 0 Å².